The van der Waals surface area contributed by atoms with Gasteiger partial charge in [0.25, 0.3) is 5.56 Å². The van der Waals surface area contributed by atoms with E-state index in [0.717, 1.165) is 0 Å². The van der Waals surface area contributed by atoms with Gasteiger partial charge in [-0.3, -0.25) is 4.79 Å². The summed E-state index contributed by atoms with van der Waals surface area (Å²) in [5, 5.41) is 0. The van der Waals surface area contributed by atoms with E-state index in [1.54, 1.807) is 13.0 Å². The van der Waals surface area contributed by atoms with Crippen molar-refractivity contribution in [2.75, 3.05) is 6.61 Å². The smallest absolute Gasteiger partial charge is 0.356 e. The average Bonchev–Trinajstić information content (AvgIpc) is 2.21. The molecule has 1 N–H and O–H groups in total. The first-order chi connectivity index (χ1) is 7.10. The highest BCUT2D eigenvalue weighted by Crippen LogP contribution is 2.15. The molecule has 0 fully saturated rings. The lowest BCUT2D eigenvalue weighted by Crippen LogP contribution is -2.18. The SMILES string of the molecule is CCOC(=O)c1[nH]c(=O)c(CC)cc1Br. The van der Waals surface area contributed by atoms with Crippen molar-refractivity contribution in [3.63, 3.8) is 0 Å². The molecule has 1 heterocycles. The van der Waals surface area contributed by atoms with Crippen molar-refractivity contribution in [3.8, 4) is 0 Å². The zero-order valence-corrected chi connectivity index (χ0v) is 10.2. The van der Waals surface area contributed by atoms with Gasteiger partial charge in [0.05, 0.1) is 6.61 Å². The van der Waals surface area contributed by atoms with Crippen LogP contribution < -0.4 is 5.56 Å². The van der Waals surface area contributed by atoms with E-state index in [1.165, 1.54) is 0 Å². The molecular formula is C10H12BrNO3. The molecule has 0 atom stereocenters. The summed E-state index contributed by atoms with van der Waals surface area (Å²) in [6, 6.07) is 1.64. The van der Waals surface area contributed by atoms with Crippen LogP contribution in [-0.4, -0.2) is 17.6 Å². The van der Waals surface area contributed by atoms with Gasteiger partial charge >= 0.3 is 5.97 Å². The van der Waals surface area contributed by atoms with Gasteiger partial charge < -0.3 is 9.72 Å². The van der Waals surface area contributed by atoms with Crippen molar-refractivity contribution in [1.82, 2.24) is 4.98 Å². The molecule has 4 nitrogen and oxygen atoms in total. The number of esters is 1. The lowest BCUT2D eigenvalue weighted by molar-refractivity contribution is 0.0518. The summed E-state index contributed by atoms with van der Waals surface area (Å²) >= 11 is 3.22. The number of halogens is 1. The number of aromatic nitrogens is 1. The van der Waals surface area contributed by atoms with Crippen LogP contribution in [0.2, 0.25) is 0 Å². The predicted molar refractivity (Wildman–Crippen MR) is 60.1 cm³/mol. The minimum absolute atomic E-state index is 0.166. The van der Waals surface area contributed by atoms with Crippen LogP contribution in [0, 0.1) is 0 Å². The third-order valence-corrected chi connectivity index (χ3v) is 2.56. The van der Waals surface area contributed by atoms with E-state index in [-0.39, 0.29) is 17.9 Å². The van der Waals surface area contributed by atoms with Gasteiger partial charge in [-0.1, -0.05) is 6.92 Å². The highest BCUT2D eigenvalue weighted by Gasteiger charge is 2.13. The molecule has 1 rings (SSSR count). The summed E-state index contributed by atoms with van der Waals surface area (Å²) < 4.78 is 5.35. The Morgan fingerprint density at radius 3 is 2.73 bits per heavy atom. The highest BCUT2D eigenvalue weighted by molar-refractivity contribution is 9.10. The van der Waals surface area contributed by atoms with E-state index >= 15 is 0 Å². The summed E-state index contributed by atoms with van der Waals surface area (Å²) in [5.74, 6) is -0.524. The zero-order chi connectivity index (χ0) is 11.4. The van der Waals surface area contributed by atoms with E-state index < -0.39 is 5.97 Å². The molecule has 0 saturated carbocycles. The number of aryl methyl sites for hydroxylation is 1. The molecule has 0 aliphatic rings. The maximum atomic E-state index is 11.4. The van der Waals surface area contributed by atoms with Crippen molar-refractivity contribution in [3.05, 3.63) is 32.2 Å². The monoisotopic (exact) mass is 273 g/mol. The number of aromatic amines is 1. The van der Waals surface area contributed by atoms with Crippen LogP contribution >= 0.6 is 15.9 Å². The first-order valence-electron chi connectivity index (χ1n) is 4.69. The second-order valence-corrected chi connectivity index (χ2v) is 3.77. The number of carbonyl (C=O) groups is 1. The zero-order valence-electron chi connectivity index (χ0n) is 8.59. The van der Waals surface area contributed by atoms with Gasteiger partial charge in [0.15, 0.2) is 0 Å². The van der Waals surface area contributed by atoms with Crippen molar-refractivity contribution < 1.29 is 9.53 Å². The van der Waals surface area contributed by atoms with Gasteiger partial charge in [-0.2, -0.15) is 0 Å². The normalized spacial score (nSPS) is 10.1. The van der Waals surface area contributed by atoms with Crippen LogP contribution in [0.3, 0.4) is 0 Å². The minimum atomic E-state index is -0.524. The molecule has 0 radical (unpaired) electrons. The summed E-state index contributed by atoms with van der Waals surface area (Å²) in [6.07, 6.45) is 0.622. The number of hydrogen-bond donors (Lipinski definition) is 1. The molecular weight excluding hydrogens is 262 g/mol. The Hall–Kier alpha value is -1.10. The van der Waals surface area contributed by atoms with E-state index in [2.05, 4.69) is 20.9 Å². The second-order valence-electron chi connectivity index (χ2n) is 2.92. The van der Waals surface area contributed by atoms with E-state index in [9.17, 15) is 9.59 Å². The molecule has 0 aliphatic carbocycles. The molecule has 82 valence electrons. The van der Waals surface area contributed by atoms with Gasteiger partial charge in [-0.05, 0) is 35.3 Å². The Morgan fingerprint density at radius 2 is 2.20 bits per heavy atom. The molecule has 0 spiro atoms. The van der Waals surface area contributed by atoms with Crippen LogP contribution in [0.4, 0.5) is 0 Å². The van der Waals surface area contributed by atoms with E-state index in [4.69, 9.17) is 4.74 Å². The van der Waals surface area contributed by atoms with Crippen LogP contribution in [-0.2, 0) is 11.2 Å². The first-order valence-corrected chi connectivity index (χ1v) is 5.48. The second kappa shape index (κ2) is 5.11. The van der Waals surface area contributed by atoms with Crippen LogP contribution in [0.25, 0.3) is 0 Å². The molecule has 15 heavy (non-hydrogen) atoms. The summed E-state index contributed by atoms with van der Waals surface area (Å²) in [7, 11) is 0. The van der Waals surface area contributed by atoms with Crippen LogP contribution in [0.5, 0.6) is 0 Å². The molecule has 0 aromatic carbocycles. The molecule has 1 aromatic rings. The average molecular weight is 274 g/mol. The predicted octanol–water partition coefficient (Wildman–Crippen LogP) is 1.88. The van der Waals surface area contributed by atoms with Crippen molar-refractivity contribution in [1.29, 1.82) is 0 Å². The molecule has 0 amide bonds. The molecule has 0 aliphatic heterocycles. The summed E-state index contributed by atoms with van der Waals surface area (Å²) in [4.78, 5) is 25.3. The Morgan fingerprint density at radius 1 is 1.53 bits per heavy atom. The standard InChI is InChI=1S/C10H12BrNO3/c1-3-6-5-7(11)8(12-9(6)13)10(14)15-4-2/h5H,3-4H2,1-2H3,(H,12,13). The Kier molecular flexibility index (Phi) is 4.08. The lowest BCUT2D eigenvalue weighted by atomic mass is 10.2. The number of hydrogen-bond acceptors (Lipinski definition) is 3. The molecule has 0 unspecified atom stereocenters. The molecule has 0 bridgehead atoms. The fraction of sp³-hybridized carbons (Fsp3) is 0.400. The third-order valence-electron chi connectivity index (χ3n) is 1.93. The fourth-order valence-electron chi connectivity index (χ4n) is 1.16. The van der Waals surface area contributed by atoms with Crippen molar-refractivity contribution in [2.24, 2.45) is 0 Å². The number of ether oxygens (including phenoxy) is 1. The Bertz CT molecular complexity index is 425. The van der Waals surface area contributed by atoms with Gasteiger partial charge in [-0.25, -0.2) is 4.79 Å². The number of carbonyl (C=O) groups excluding carboxylic acids is 1. The molecule has 1 aromatic heterocycles. The number of rotatable bonds is 3. The Balaban J connectivity index is 3.16. The van der Waals surface area contributed by atoms with Gasteiger partial charge in [0.2, 0.25) is 0 Å². The maximum absolute atomic E-state index is 11.4. The Labute approximate surface area is 95.8 Å². The van der Waals surface area contributed by atoms with Gasteiger partial charge in [0.1, 0.15) is 5.69 Å². The van der Waals surface area contributed by atoms with Crippen molar-refractivity contribution >= 4 is 21.9 Å². The van der Waals surface area contributed by atoms with Gasteiger partial charge in [0, 0.05) is 10.0 Å². The van der Waals surface area contributed by atoms with E-state index in [0.29, 0.717) is 16.5 Å². The minimum Gasteiger partial charge on any atom is -0.461 e. The van der Waals surface area contributed by atoms with Crippen LogP contribution in [0.15, 0.2) is 15.3 Å². The molecule has 5 heteroatoms. The maximum Gasteiger partial charge on any atom is 0.356 e. The van der Waals surface area contributed by atoms with E-state index in [1.807, 2.05) is 6.92 Å². The number of H-pyrrole nitrogens is 1. The topological polar surface area (TPSA) is 59.2 Å². The largest absolute Gasteiger partial charge is 0.461 e. The number of pyridine rings is 1. The highest BCUT2D eigenvalue weighted by atomic mass is 79.9. The molecule has 0 saturated heterocycles. The quantitative estimate of drug-likeness (QED) is 0.856. The van der Waals surface area contributed by atoms with Gasteiger partial charge in [-0.15, -0.1) is 0 Å². The fourth-order valence-corrected chi connectivity index (χ4v) is 1.70. The van der Waals surface area contributed by atoms with Crippen molar-refractivity contribution in [2.45, 2.75) is 20.3 Å². The lowest BCUT2D eigenvalue weighted by Gasteiger charge is -2.05. The summed E-state index contributed by atoms with van der Waals surface area (Å²) in [6.45, 7) is 3.87. The number of nitrogens with one attached hydrogen (secondary N) is 1. The first kappa shape index (κ1) is 12.0. The summed E-state index contributed by atoms with van der Waals surface area (Å²) in [5.41, 5.74) is 0.553. The third kappa shape index (κ3) is 2.68. The van der Waals surface area contributed by atoms with Crippen LogP contribution in [0.1, 0.15) is 29.9 Å².